The third-order valence-electron chi connectivity index (χ3n) is 4.49. The molecule has 1 heterocycles. The number of aliphatic hydroxyl groups is 4. The molecular formula is C20H22O9. The summed E-state index contributed by atoms with van der Waals surface area (Å²) in [5, 5.41) is 48.8. The molecule has 0 aromatic heterocycles. The Morgan fingerprint density at radius 2 is 1.72 bits per heavy atom. The summed E-state index contributed by atoms with van der Waals surface area (Å²) in [6, 6.07) is 12.6. The fraction of sp³-hybridized carbons (Fsp3) is 0.350. The van der Waals surface area contributed by atoms with Gasteiger partial charge >= 0.3 is 5.97 Å². The molecule has 0 saturated carbocycles. The molecule has 29 heavy (non-hydrogen) atoms. The predicted octanol–water partition coefficient (Wildman–Crippen LogP) is -0.0721. The van der Waals surface area contributed by atoms with Gasteiger partial charge in [0.1, 0.15) is 48.1 Å². The van der Waals surface area contributed by atoms with E-state index in [1.165, 1.54) is 12.1 Å². The minimum absolute atomic E-state index is 0.00514. The Kier molecular flexibility index (Phi) is 6.68. The van der Waals surface area contributed by atoms with E-state index >= 15 is 0 Å². The Hall–Kier alpha value is -2.69. The first-order valence-electron chi connectivity index (χ1n) is 8.92. The van der Waals surface area contributed by atoms with Gasteiger partial charge in [0.05, 0.1) is 6.61 Å². The Morgan fingerprint density at radius 3 is 2.41 bits per heavy atom. The third kappa shape index (κ3) is 4.84. The van der Waals surface area contributed by atoms with Crippen molar-refractivity contribution in [3.05, 3.63) is 59.7 Å². The zero-order chi connectivity index (χ0) is 21.0. The second-order valence-electron chi connectivity index (χ2n) is 6.56. The van der Waals surface area contributed by atoms with Crippen molar-refractivity contribution in [2.75, 3.05) is 6.61 Å². The van der Waals surface area contributed by atoms with E-state index in [1.807, 2.05) is 6.07 Å². The van der Waals surface area contributed by atoms with Crippen LogP contribution in [-0.2, 0) is 16.1 Å². The van der Waals surface area contributed by atoms with E-state index in [-0.39, 0.29) is 23.7 Å². The molecule has 2 aromatic rings. The average Bonchev–Trinajstić information content (AvgIpc) is 2.74. The van der Waals surface area contributed by atoms with Crippen molar-refractivity contribution < 1.29 is 44.5 Å². The first-order valence-corrected chi connectivity index (χ1v) is 8.92. The van der Waals surface area contributed by atoms with Crippen LogP contribution in [-0.4, -0.2) is 68.8 Å². The van der Waals surface area contributed by atoms with E-state index in [9.17, 15) is 30.3 Å². The lowest BCUT2D eigenvalue weighted by Gasteiger charge is -2.39. The van der Waals surface area contributed by atoms with Gasteiger partial charge in [0, 0.05) is 0 Å². The van der Waals surface area contributed by atoms with Crippen LogP contribution in [0, 0.1) is 0 Å². The fourth-order valence-corrected chi connectivity index (χ4v) is 2.87. The van der Waals surface area contributed by atoms with E-state index < -0.39 is 43.3 Å². The summed E-state index contributed by atoms with van der Waals surface area (Å²) in [6.07, 6.45) is -7.45. The second kappa shape index (κ2) is 9.21. The van der Waals surface area contributed by atoms with Crippen molar-refractivity contribution in [2.24, 2.45) is 0 Å². The lowest BCUT2D eigenvalue weighted by Crippen LogP contribution is -2.60. The fourth-order valence-electron chi connectivity index (χ4n) is 2.87. The van der Waals surface area contributed by atoms with Gasteiger partial charge < -0.3 is 39.7 Å². The van der Waals surface area contributed by atoms with Gasteiger partial charge in [-0.05, 0) is 23.8 Å². The highest BCUT2D eigenvalue weighted by Gasteiger charge is 2.45. The highest BCUT2D eigenvalue weighted by atomic mass is 16.7. The van der Waals surface area contributed by atoms with Crippen molar-refractivity contribution >= 4 is 5.97 Å². The van der Waals surface area contributed by atoms with E-state index in [2.05, 4.69) is 0 Å². The van der Waals surface area contributed by atoms with Crippen LogP contribution in [0.3, 0.4) is 0 Å². The first-order chi connectivity index (χ1) is 13.9. The Labute approximate surface area is 166 Å². The van der Waals surface area contributed by atoms with E-state index in [0.717, 1.165) is 11.6 Å². The van der Waals surface area contributed by atoms with Crippen LogP contribution < -0.4 is 4.74 Å². The molecule has 0 amide bonds. The number of hydrogen-bond acceptors (Lipinski definition) is 9. The number of hydrogen-bond donors (Lipinski definition) is 5. The van der Waals surface area contributed by atoms with Crippen LogP contribution >= 0.6 is 0 Å². The van der Waals surface area contributed by atoms with Crippen LogP contribution in [0.5, 0.6) is 11.5 Å². The number of benzene rings is 2. The van der Waals surface area contributed by atoms with E-state index in [1.54, 1.807) is 24.3 Å². The maximum absolute atomic E-state index is 12.5. The summed E-state index contributed by atoms with van der Waals surface area (Å²) in [4.78, 5) is 12.5. The number of rotatable bonds is 6. The van der Waals surface area contributed by atoms with Gasteiger partial charge in [-0.3, -0.25) is 0 Å². The summed E-state index contributed by atoms with van der Waals surface area (Å²) in [5.74, 6) is -1.08. The van der Waals surface area contributed by atoms with Gasteiger partial charge in [-0.1, -0.05) is 30.3 Å². The molecule has 0 aliphatic carbocycles. The Morgan fingerprint density at radius 1 is 1.00 bits per heavy atom. The smallest absolute Gasteiger partial charge is 0.342 e. The lowest BCUT2D eigenvalue weighted by molar-refractivity contribution is -0.277. The number of ether oxygens (including phenoxy) is 3. The van der Waals surface area contributed by atoms with Gasteiger partial charge in [0.25, 0.3) is 0 Å². The minimum Gasteiger partial charge on any atom is -0.508 e. The van der Waals surface area contributed by atoms with Crippen molar-refractivity contribution in [3.8, 4) is 11.5 Å². The Balaban J connectivity index is 1.76. The number of esters is 1. The van der Waals surface area contributed by atoms with Crippen LogP contribution in [0.1, 0.15) is 15.9 Å². The van der Waals surface area contributed by atoms with Gasteiger partial charge in [0.15, 0.2) is 0 Å². The molecule has 5 N–H and O–H groups in total. The maximum atomic E-state index is 12.5. The van der Waals surface area contributed by atoms with E-state index in [0.29, 0.717) is 0 Å². The summed E-state index contributed by atoms with van der Waals surface area (Å²) >= 11 is 0. The molecule has 5 atom stereocenters. The van der Waals surface area contributed by atoms with Gasteiger partial charge in [-0.2, -0.15) is 0 Å². The van der Waals surface area contributed by atoms with Crippen LogP contribution in [0.15, 0.2) is 48.5 Å². The molecule has 2 aromatic carbocycles. The predicted molar refractivity (Wildman–Crippen MR) is 98.1 cm³/mol. The molecule has 0 bridgehead atoms. The topological polar surface area (TPSA) is 146 Å². The van der Waals surface area contributed by atoms with Crippen molar-refractivity contribution in [1.82, 2.24) is 0 Å². The number of carbonyl (C=O) groups excluding carboxylic acids is 1. The van der Waals surface area contributed by atoms with Crippen molar-refractivity contribution in [2.45, 2.75) is 37.3 Å². The molecule has 0 radical (unpaired) electrons. The normalized spacial score (nSPS) is 26.7. The molecule has 5 unspecified atom stereocenters. The molecule has 3 rings (SSSR count). The largest absolute Gasteiger partial charge is 0.508 e. The monoisotopic (exact) mass is 406 g/mol. The average molecular weight is 406 g/mol. The summed E-state index contributed by atoms with van der Waals surface area (Å²) in [6.45, 7) is -0.624. The number of aliphatic hydroxyl groups excluding tert-OH is 4. The van der Waals surface area contributed by atoms with Crippen molar-refractivity contribution in [3.63, 3.8) is 0 Å². The molecule has 1 fully saturated rings. The zero-order valence-electron chi connectivity index (χ0n) is 15.3. The highest BCUT2D eigenvalue weighted by Crippen LogP contribution is 2.29. The van der Waals surface area contributed by atoms with Crippen molar-refractivity contribution in [1.29, 1.82) is 0 Å². The minimum atomic E-state index is -1.64. The van der Waals surface area contributed by atoms with Gasteiger partial charge in [0.2, 0.25) is 6.29 Å². The van der Waals surface area contributed by atoms with Crippen LogP contribution in [0.25, 0.3) is 0 Å². The van der Waals surface area contributed by atoms with E-state index in [4.69, 9.17) is 14.2 Å². The SMILES string of the molecule is O=C(OCc1ccccc1)c1cc(O)ccc1OC1OC(CO)C(O)C(O)C1O. The van der Waals surface area contributed by atoms with Crippen LogP contribution in [0.2, 0.25) is 0 Å². The molecule has 0 spiro atoms. The number of phenolic OH excluding ortho intramolecular Hbond substituents is 1. The second-order valence-corrected chi connectivity index (χ2v) is 6.56. The van der Waals surface area contributed by atoms with Crippen LogP contribution in [0.4, 0.5) is 0 Å². The molecule has 9 nitrogen and oxygen atoms in total. The Bertz CT molecular complexity index is 824. The third-order valence-corrected chi connectivity index (χ3v) is 4.49. The number of phenols is 1. The molecular weight excluding hydrogens is 384 g/mol. The zero-order valence-corrected chi connectivity index (χ0v) is 15.3. The first kappa shape index (κ1) is 21.0. The summed E-state index contributed by atoms with van der Waals surface area (Å²) < 4.78 is 16.0. The quantitative estimate of drug-likeness (QED) is 0.416. The van der Waals surface area contributed by atoms with Gasteiger partial charge in [-0.25, -0.2) is 4.79 Å². The van der Waals surface area contributed by atoms with Gasteiger partial charge in [-0.15, -0.1) is 0 Å². The molecule has 156 valence electrons. The molecule has 9 heteroatoms. The number of carbonyl (C=O) groups is 1. The molecule has 1 aliphatic heterocycles. The summed E-state index contributed by atoms with van der Waals surface area (Å²) in [7, 11) is 0. The standard InChI is InChI=1S/C20H22O9/c21-9-15-16(23)17(24)18(25)20(29-15)28-14-7-6-12(22)8-13(14)19(26)27-10-11-4-2-1-3-5-11/h1-8,15-18,20-25H,9-10H2. The number of aromatic hydroxyl groups is 1. The summed E-state index contributed by atoms with van der Waals surface area (Å²) in [5.41, 5.74) is 0.635. The molecule has 1 aliphatic rings. The maximum Gasteiger partial charge on any atom is 0.342 e. The lowest BCUT2D eigenvalue weighted by atomic mass is 9.99. The highest BCUT2D eigenvalue weighted by molar-refractivity contribution is 5.93. The molecule has 1 saturated heterocycles.